The SMILES string of the molecule is CCC1=Cc2c(ccc(C(C)C)c2-c2cc([Si](C)(C)C)cc([Si](C)(C)C)c2)[CH]1[Zr]([Cl])([Cl])([CH]1C(CC)=Cc2c1ccc(C(C)C)c2-c1cc([Si](C)(C)C)cc([Si](C)(C)C)c1)[SiH](C)C. The summed E-state index contributed by atoms with van der Waals surface area (Å²) in [5.74, 6) is -0.955. The Balaban J connectivity index is 1.68. The molecule has 0 saturated heterocycles. The van der Waals surface area contributed by atoms with E-state index in [1.54, 1.807) is 20.7 Å². The fourth-order valence-corrected chi connectivity index (χ4v) is 47.5. The van der Waals surface area contributed by atoms with Crippen molar-refractivity contribution in [3.8, 4) is 22.3 Å². The fourth-order valence-electron chi connectivity index (χ4n) is 10.7. The van der Waals surface area contributed by atoms with Crippen LogP contribution in [0.25, 0.3) is 34.4 Å². The molecule has 2 atom stereocenters. The minimum atomic E-state index is -5.03. The Hall–Kier alpha value is -1.09. The molecule has 0 bridgehead atoms. The number of rotatable bonds is 13. The van der Waals surface area contributed by atoms with Crippen LogP contribution in [-0.2, 0) is 15.6 Å². The second-order valence-electron chi connectivity index (χ2n) is 24.4. The van der Waals surface area contributed by atoms with E-state index >= 15 is 0 Å². The van der Waals surface area contributed by atoms with Gasteiger partial charge in [-0.1, -0.05) is 0 Å². The zero-order valence-corrected chi connectivity index (χ0v) is 51.6. The second kappa shape index (κ2) is 17.2. The quantitative estimate of drug-likeness (QED) is 0.117. The van der Waals surface area contributed by atoms with Crippen LogP contribution in [0.15, 0.2) is 71.8 Å². The molecule has 2 unspecified atom stereocenters. The molecule has 8 heteroatoms. The van der Waals surface area contributed by atoms with E-state index in [0.29, 0.717) is 11.8 Å². The van der Waals surface area contributed by atoms with Crippen molar-refractivity contribution in [2.24, 2.45) is 0 Å². The van der Waals surface area contributed by atoms with Crippen molar-refractivity contribution >= 4 is 88.1 Å². The normalized spacial score (nSPS) is 18.0. The molecule has 0 aliphatic heterocycles. The summed E-state index contributed by atoms with van der Waals surface area (Å²) in [5, 5.41) is 6.25. The van der Waals surface area contributed by atoms with Gasteiger partial charge in [-0.2, -0.15) is 0 Å². The van der Waals surface area contributed by atoms with E-state index in [9.17, 15) is 0 Å². The molecule has 4 aromatic rings. The zero-order valence-electron chi connectivity index (χ0n) is 42.5. The summed E-state index contributed by atoms with van der Waals surface area (Å²) in [6.07, 6.45) is 7.12. The standard InChI is InChI=1S/2C26H37Si2.C2H7Si.2ClH.Zr/c2*1-10-19-13-20-11-12-24(18(2)3)26(25(20)14-19)21-15-22(27(4,5)6)17-23(16-21)28(7,8)9;1-3-2;;;/h2*11-18H,10H2,1-9H3;3H,1-2H3;2*1H;/q;;;;;+2/p-2. The van der Waals surface area contributed by atoms with Crippen LogP contribution in [0.4, 0.5) is 0 Å². The van der Waals surface area contributed by atoms with Crippen LogP contribution in [0.2, 0.25) is 91.7 Å². The summed E-state index contributed by atoms with van der Waals surface area (Å²) in [6.45, 7) is 49.4. The Morgan fingerprint density at radius 2 is 0.790 bits per heavy atom. The molecule has 0 nitrogen and oxygen atoms in total. The van der Waals surface area contributed by atoms with Gasteiger partial charge in [0.1, 0.15) is 0 Å². The number of allylic oxidation sites excluding steroid dienone is 2. The summed E-state index contributed by atoms with van der Waals surface area (Å²) >= 11 is -5.03. The molecule has 0 saturated carbocycles. The summed E-state index contributed by atoms with van der Waals surface area (Å²) in [5.41, 5.74) is 17.1. The van der Waals surface area contributed by atoms with Crippen LogP contribution >= 0.6 is 17.0 Å². The molecule has 0 aromatic heterocycles. The Morgan fingerprint density at radius 1 is 0.500 bits per heavy atom. The van der Waals surface area contributed by atoms with Crippen molar-refractivity contribution in [1.29, 1.82) is 0 Å². The van der Waals surface area contributed by atoms with Gasteiger partial charge in [-0.3, -0.25) is 0 Å². The van der Waals surface area contributed by atoms with Crippen molar-refractivity contribution in [3.05, 3.63) is 105 Å². The first kappa shape index (κ1) is 50.3. The van der Waals surface area contributed by atoms with E-state index in [-0.39, 0.29) is 7.25 Å². The van der Waals surface area contributed by atoms with E-state index < -0.39 is 53.8 Å². The van der Waals surface area contributed by atoms with Crippen LogP contribution in [0, 0.1) is 0 Å². The fraction of sp³-hybridized carbons (Fsp3) is 0.481. The third-order valence-corrected chi connectivity index (χ3v) is 74.8. The third-order valence-electron chi connectivity index (χ3n) is 14.8. The van der Waals surface area contributed by atoms with Gasteiger partial charge in [-0.25, -0.2) is 0 Å². The van der Waals surface area contributed by atoms with Crippen LogP contribution in [-0.4, -0.2) is 38.2 Å². The van der Waals surface area contributed by atoms with E-state index in [4.69, 9.17) is 17.0 Å². The van der Waals surface area contributed by atoms with Crippen molar-refractivity contribution in [1.82, 2.24) is 0 Å². The van der Waals surface area contributed by atoms with Crippen LogP contribution in [0.1, 0.15) is 107 Å². The van der Waals surface area contributed by atoms with Gasteiger partial charge in [0, 0.05) is 0 Å². The van der Waals surface area contributed by atoms with Gasteiger partial charge >= 0.3 is 396 Å². The molecule has 0 fully saturated rings. The van der Waals surface area contributed by atoms with E-state index in [2.05, 4.69) is 206 Å². The molecule has 0 amide bonds. The Labute approximate surface area is 392 Å². The molecular formula is C54H81Cl2Si5Zr. The molecule has 335 valence electrons. The predicted octanol–water partition coefficient (Wildman–Crippen LogP) is 15.8. The van der Waals surface area contributed by atoms with Gasteiger partial charge in [0.05, 0.1) is 0 Å². The molecular weight excluding hydrogens is 951 g/mol. The van der Waals surface area contributed by atoms with Gasteiger partial charge in [0.15, 0.2) is 0 Å². The molecule has 0 spiro atoms. The van der Waals surface area contributed by atoms with Crippen LogP contribution < -0.4 is 20.7 Å². The van der Waals surface area contributed by atoms with Crippen molar-refractivity contribution in [2.75, 3.05) is 0 Å². The molecule has 62 heavy (non-hydrogen) atoms. The van der Waals surface area contributed by atoms with Crippen LogP contribution in [0.3, 0.4) is 0 Å². The Bertz CT molecular complexity index is 2230. The summed E-state index contributed by atoms with van der Waals surface area (Å²) in [6, 6.07) is 25.4. The predicted molar refractivity (Wildman–Crippen MR) is 296 cm³/mol. The maximum absolute atomic E-state index is 9.06. The number of fused-ring (bicyclic) bond motifs is 2. The molecule has 0 N–H and O–H groups in total. The van der Waals surface area contributed by atoms with Gasteiger partial charge in [0.25, 0.3) is 0 Å². The minimum absolute atomic E-state index is 0.0795. The summed E-state index contributed by atoms with van der Waals surface area (Å²) in [7, 11) is 11.6. The monoisotopic (exact) mass is 1030 g/mol. The Morgan fingerprint density at radius 3 is 1.02 bits per heavy atom. The topological polar surface area (TPSA) is 0 Å². The Kier molecular flexibility index (Phi) is 14.0. The van der Waals surface area contributed by atoms with Gasteiger partial charge in [-0.05, 0) is 0 Å². The van der Waals surface area contributed by atoms with Gasteiger partial charge < -0.3 is 0 Å². The van der Waals surface area contributed by atoms with Crippen molar-refractivity contribution in [3.63, 3.8) is 0 Å². The van der Waals surface area contributed by atoms with Crippen LogP contribution in [0.5, 0.6) is 0 Å². The zero-order chi connectivity index (χ0) is 46.5. The average Bonchev–Trinajstić information content (AvgIpc) is 3.75. The van der Waals surface area contributed by atoms with Crippen molar-refractivity contribution < 1.29 is 15.6 Å². The molecule has 0 heterocycles. The number of benzene rings is 4. The van der Waals surface area contributed by atoms with Gasteiger partial charge in [0.2, 0.25) is 0 Å². The van der Waals surface area contributed by atoms with E-state index in [0.717, 1.165) is 12.8 Å². The summed E-state index contributed by atoms with van der Waals surface area (Å²) < 4.78 is 0.159. The van der Waals surface area contributed by atoms with Gasteiger partial charge in [-0.15, -0.1) is 0 Å². The molecule has 2 aliphatic carbocycles. The molecule has 2 aliphatic rings. The maximum atomic E-state index is 9.06. The first-order valence-corrected chi connectivity index (χ1v) is 54.3. The van der Waals surface area contributed by atoms with E-state index in [1.807, 2.05) is 0 Å². The number of hydrogen-bond donors (Lipinski definition) is 0. The first-order valence-electron chi connectivity index (χ1n) is 24.0. The van der Waals surface area contributed by atoms with Crippen molar-refractivity contribution in [2.45, 2.75) is 165 Å². The summed E-state index contributed by atoms with van der Waals surface area (Å²) in [4.78, 5) is 0. The number of halogens is 2. The average molecular weight is 1030 g/mol. The molecule has 6 rings (SSSR count). The second-order valence-corrected chi connectivity index (χ2v) is 87.2. The third kappa shape index (κ3) is 8.91. The molecule has 4 aromatic carbocycles. The first-order chi connectivity index (χ1) is 28.4. The van der Waals surface area contributed by atoms with E-state index in [1.165, 1.54) is 66.8 Å². The number of hydrogen-bond acceptors (Lipinski definition) is 0. The molecule has 0 radical (unpaired) electrons.